The summed E-state index contributed by atoms with van der Waals surface area (Å²) in [6.07, 6.45) is -3.61. The molecule has 2 aliphatic rings. The summed E-state index contributed by atoms with van der Waals surface area (Å²) in [5.74, 6) is -3.12. The quantitative estimate of drug-likeness (QED) is 0.0970. The number of aliphatic hydroxyl groups is 2. The molecule has 1 saturated heterocycles. The van der Waals surface area contributed by atoms with Gasteiger partial charge in [0, 0.05) is 24.4 Å². The molecule has 224 valence electrons. The SMILES string of the molecule is Nc1ccn([C@@H]2O[C@](c3ccc([N+](=O)[O-])cc3)(C3(OP(=O)(O)OP(=O)(O)OP(=O)(O)O)C=CO3)[C@@H](O)[C@H]2O)c(=O)n1. The number of nitrogens with two attached hydrogens (primary N) is 1. The summed E-state index contributed by atoms with van der Waals surface area (Å²) in [5.41, 5.74) is 0.844. The van der Waals surface area contributed by atoms with Crippen molar-refractivity contribution in [2.24, 2.45) is 0 Å². The first-order valence-corrected chi connectivity index (χ1v) is 15.2. The highest BCUT2D eigenvalue weighted by molar-refractivity contribution is 7.66. The van der Waals surface area contributed by atoms with Crippen molar-refractivity contribution in [2.75, 3.05) is 5.73 Å². The highest BCUT2D eigenvalue weighted by Crippen LogP contribution is 2.69. The third kappa shape index (κ3) is 5.90. The van der Waals surface area contributed by atoms with Crippen LogP contribution in [0.2, 0.25) is 0 Å². The number of nitro groups is 1. The van der Waals surface area contributed by atoms with Gasteiger partial charge in [0.25, 0.3) is 11.5 Å². The first-order valence-electron chi connectivity index (χ1n) is 10.7. The van der Waals surface area contributed by atoms with Crippen LogP contribution >= 0.6 is 23.5 Å². The topological polar surface area (TPSA) is 323 Å². The molecule has 1 aromatic carbocycles. The molecule has 21 nitrogen and oxygen atoms in total. The fraction of sp³-hybridized carbons (Fsp3) is 0.294. The van der Waals surface area contributed by atoms with Gasteiger partial charge in [0.1, 0.15) is 18.0 Å². The lowest BCUT2D eigenvalue weighted by molar-refractivity contribution is -0.385. The second-order valence-corrected chi connectivity index (χ2v) is 12.6. The van der Waals surface area contributed by atoms with Crippen molar-refractivity contribution in [1.29, 1.82) is 0 Å². The lowest BCUT2D eigenvalue weighted by Crippen LogP contribution is -2.62. The van der Waals surface area contributed by atoms with E-state index in [1.165, 1.54) is 0 Å². The molecule has 0 aliphatic carbocycles. The zero-order valence-electron chi connectivity index (χ0n) is 19.8. The molecule has 1 aromatic heterocycles. The van der Waals surface area contributed by atoms with Crippen LogP contribution in [0.4, 0.5) is 11.5 Å². The zero-order chi connectivity index (χ0) is 30.6. The number of phosphoric acid groups is 3. The Hall–Kier alpha value is -2.87. The molecule has 0 spiro atoms. The predicted octanol–water partition coefficient (Wildman–Crippen LogP) is -0.537. The van der Waals surface area contributed by atoms with Gasteiger partial charge in [-0.3, -0.25) is 14.7 Å². The minimum atomic E-state index is -6.02. The Morgan fingerprint density at radius 1 is 1.05 bits per heavy atom. The number of hydrogen-bond acceptors (Lipinski definition) is 15. The molecular weight excluding hydrogens is 625 g/mol. The minimum absolute atomic E-state index is 0.227. The Labute approximate surface area is 226 Å². The number of phosphoric ester groups is 1. The van der Waals surface area contributed by atoms with Crippen molar-refractivity contribution >= 4 is 35.0 Å². The molecule has 3 heterocycles. The number of nitrogens with zero attached hydrogens (tertiary/aromatic N) is 3. The Morgan fingerprint density at radius 2 is 1.66 bits per heavy atom. The lowest BCUT2D eigenvalue weighted by Gasteiger charge is -2.49. The molecule has 0 radical (unpaired) electrons. The number of anilines is 1. The van der Waals surface area contributed by atoms with Crippen LogP contribution in [0.3, 0.4) is 0 Å². The van der Waals surface area contributed by atoms with E-state index in [0.29, 0.717) is 4.57 Å². The standard InChI is InChI=1S/C17H19N4O17P3/c18-11-5-7-20(15(24)19-11)14-12(22)13(23)17(35-14,9-1-3-10(4-2-9)21(25)26)16(6-8-34-16)36-40(30,31)38-41(32,33)37-39(27,28)29/h1-8,12-14,22-23H,(H,30,31)(H,32,33)(H2,18,19,24)(H2,27,28,29)/t12-,13+,14-,16?,17+/m1/s1. The number of hydrogen-bond donors (Lipinski definition) is 7. The minimum Gasteiger partial charge on any atom is -0.462 e. The summed E-state index contributed by atoms with van der Waals surface area (Å²) in [6, 6.07) is 4.88. The smallest absolute Gasteiger partial charge is 0.462 e. The molecule has 24 heteroatoms. The molecule has 41 heavy (non-hydrogen) atoms. The van der Waals surface area contributed by atoms with Crippen molar-refractivity contribution in [1.82, 2.24) is 9.55 Å². The summed E-state index contributed by atoms with van der Waals surface area (Å²) in [5, 5.41) is 33.4. The molecular formula is C17H19N4O17P3. The van der Waals surface area contributed by atoms with Gasteiger partial charge in [0.15, 0.2) is 11.8 Å². The van der Waals surface area contributed by atoms with E-state index in [-0.39, 0.29) is 11.4 Å². The van der Waals surface area contributed by atoms with Gasteiger partial charge in [-0.05, 0) is 23.8 Å². The van der Waals surface area contributed by atoms with Crippen LogP contribution in [0.1, 0.15) is 11.8 Å². The average molecular weight is 644 g/mol. The fourth-order valence-electron chi connectivity index (χ4n) is 4.12. The number of ether oxygens (including phenoxy) is 2. The third-order valence-corrected chi connectivity index (χ3v) is 9.52. The van der Waals surface area contributed by atoms with Crippen molar-refractivity contribution in [3.05, 3.63) is 75.0 Å². The summed E-state index contributed by atoms with van der Waals surface area (Å²) < 4.78 is 59.8. The second kappa shape index (κ2) is 10.4. The van der Waals surface area contributed by atoms with Gasteiger partial charge < -0.3 is 45.0 Å². The van der Waals surface area contributed by atoms with Gasteiger partial charge in [0.2, 0.25) is 0 Å². The molecule has 2 aromatic rings. The van der Waals surface area contributed by atoms with Crippen LogP contribution in [0, 0.1) is 10.1 Å². The predicted molar refractivity (Wildman–Crippen MR) is 128 cm³/mol. The molecule has 0 saturated carbocycles. The molecule has 4 rings (SSSR count). The Kier molecular flexibility index (Phi) is 7.91. The maximum atomic E-state index is 12.8. The van der Waals surface area contributed by atoms with Crippen LogP contribution in [-0.4, -0.2) is 62.3 Å². The average Bonchev–Trinajstić information content (AvgIpc) is 3.06. The Morgan fingerprint density at radius 3 is 2.15 bits per heavy atom. The number of non-ortho nitro benzene ring substituents is 1. The summed E-state index contributed by atoms with van der Waals surface area (Å²) in [6.45, 7) is 0. The lowest BCUT2D eigenvalue weighted by atomic mass is 9.78. The number of nitro benzene ring substituents is 1. The van der Waals surface area contributed by atoms with Gasteiger partial charge in [-0.25, -0.2) is 23.0 Å². The maximum Gasteiger partial charge on any atom is 0.490 e. The summed E-state index contributed by atoms with van der Waals surface area (Å²) >= 11 is 0. The van der Waals surface area contributed by atoms with Gasteiger partial charge in [0.05, 0.1) is 11.2 Å². The third-order valence-electron chi connectivity index (χ3n) is 5.69. The first-order chi connectivity index (χ1) is 18.8. The van der Waals surface area contributed by atoms with Gasteiger partial charge >= 0.3 is 29.2 Å². The fourth-order valence-corrected chi connectivity index (χ4v) is 7.34. The first kappa shape index (κ1) is 31.1. The molecule has 7 atom stereocenters. The number of nitrogen functional groups attached to an aromatic ring is 1. The van der Waals surface area contributed by atoms with E-state index in [9.17, 15) is 48.6 Å². The molecule has 2 aliphatic heterocycles. The number of aromatic nitrogens is 2. The van der Waals surface area contributed by atoms with E-state index in [1.807, 2.05) is 0 Å². The van der Waals surface area contributed by atoms with E-state index >= 15 is 0 Å². The van der Waals surface area contributed by atoms with Crippen LogP contribution in [0.5, 0.6) is 0 Å². The van der Waals surface area contributed by atoms with Crippen LogP contribution in [-0.2, 0) is 41.9 Å². The largest absolute Gasteiger partial charge is 0.490 e. The molecule has 1 fully saturated rings. The van der Waals surface area contributed by atoms with Gasteiger partial charge in [-0.2, -0.15) is 13.6 Å². The van der Waals surface area contributed by atoms with Crippen molar-refractivity contribution < 1.29 is 71.0 Å². The normalized spacial score (nSPS) is 30.5. The zero-order valence-corrected chi connectivity index (χ0v) is 22.5. The highest BCUT2D eigenvalue weighted by Gasteiger charge is 2.72. The van der Waals surface area contributed by atoms with E-state index in [4.69, 9.17) is 29.5 Å². The molecule has 0 bridgehead atoms. The molecule has 0 amide bonds. The summed E-state index contributed by atoms with van der Waals surface area (Å²) in [4.78, 5) is 63.7. The molecule has 3 unspecified atom stereocenters. The van der Waals surface area contributed by atoms with Crippen molar-refractivity contribution in [3.63, 3.8) is 0 Å². The van der Waals surface area contributed by atoms with Crippen LogP contribution in [0.25, 0.3) is 0 Å². The van der Waals surface area contributed by atoms with E-state index in [2.05, 4.69) is 13.6 Å². The van der Waals surface area contributed by atoms with E-state index in [0.717, 1.165) is 48.9 Å². The number of benzene rings is 1. The Balaban J connectivity index is 1.84. The monoisotopic (exact) mass is 644 g/mol. The van der Waals surface area contributed by atoms with Gasteiger partial charge in [-0.15, -0.1) is 0 Å². The Bertz CT molecular complexity index is 1590. The number of aliphatic hydroxyl groups excluding tert-OH is 2. The van der Waals surface area contributed by atoms with Crippen LogP contribution < -0.4 is 11.4 Å². The molecule has 8 N–H and O–H groups in total. The summed E-state index contributed by atoms with van der Waals surface area (Å²) in [7, 11) is -17.8. The van der Waals surface area contributed by atoms with Gasteiger partial charge in [-0.1, -0.05) is 0 Å². The maximum absolute atomic E-state index is 12.8. The van der Waals surface area contributed by atoms with Crippen LogP contribution in [0.15, 0.2) is 53.7 Å². The van der Waals surface area contributed by atoms with E-state index < -0.39 is 69.6 Å². The number of rotatable bonds is 10. The highest BCUT2D eigenvalue weighted by atomic mass is 31.3. The van der Waals surface area contributed by atoms with Crippen molar-refractivity contribution in [3.8, 4) is 0 Å². The second-order valence-electron chi connectivity index (χ2n) is 8.30. The van der Waals surface area contributed by atoms with E-state index in [1.54, 1.807) is 0 Å². The van der Waals surface area contributed by atoms with Crippen molar-refractivity contribution in [2.45, 2.75) is 29.8 Å².